The molecule has 0 rings (SSSR count). The van der Waals surface area contributed by atoms with Crippen LogP contribution in [0.5, 0.6) is 0 Å². The lowest BCUT2D eigenvalue weighted by Crippen LogP contribution is -2.37. The number of primary sulfonamides is 1. The zero-order chi connectivity index (χ0) is 9.99. The van der Waals surface area contributed by atoms with Gasteiger partial charge in [0.05, 0.1) is 5.25 Å². The lowest BCUT2D eigenvalue weighted by molar-refractivity contribution is 0.570. The van der Waals surface area contributed by atoms with Gasteiger partial charge in [0.1, 0.15) is 5.88 Å². The quantitative estimate of drug-likeness (QED) is 0.600. The molecular weight excluding hydrogens is 204 g/mol. The second-order valence-corrected chi connectivity index (χ2v) is 6.48. The Morgan fingerprint density at radius 3 is 1.92 bits per heavy atom. The molecule has 0 unspecified atom stereocenters. The van der Waals surface area contributed by atoms with E-state index < -0.39 is 31.2 Å². The second kappa shape index (κ2) is 3.69. The van der Waals surface area contributed by atoms with Gasteiger partial charge < -0.3 is 0 Å². The summed E-state index contributed by atoms with van der Waals surface area (Å²) in [5, 5.41) is 3.92. The Morgan fingerprint density at radius 1 is 1.25 bits per heavy atom. The zero-order valence-electron chi connectivity index (χ0n) is 6.81. The standard InChI is InChI=1S/C4H12N2O4S2/c1-4(2)12(9,10)6-3-11(5,7)8/h4,6H,3H2,1-2H3,(H2,5,7,8). The van der Waals surface area contributed by atoms with Crippen molar-refractivity contribution in [2.75, 3.05) is 5.88 Å². The molecular formula is C4H12N2O4S2. The molecule has 3 N–H and O–H groups in total. The highest BCUT2D eigenvalue weighted by Crippen LogP contribution is 1.95. The van der Waals surface area contributed by atoms with Crippen molar-refractivity contribution in [2.45, 2.75) is 19.1 Å². The van der Waals surface area contributed by atoms with Crippen LogP contribution in [0.25, 0.3) is 0 Å². The first-order valence-electron chi connectivity index (χ1n) is 3.14. The maximum Gasteiger partial charge on any atom is 0.223 e. The van der Waals surface area contributed by atoms with Crippen LogP contribution in [0, 0.1) is 0 Å². The molecule has 0 amide bonds. The van der Waals surface area contributed by atoms with E-state index in [1.807, 2.05) is 4.72 Å². The number of hydrogen-bond acceptors (Lipinski definition) is 4. The van der Waals surface area contributed by atoms with Gasteiger partial charge in [-0.2, -0.15) is 4.72 Å². The van der Waals surface area contributed by atoms with Crippen molar-refractivity contribution >= 4 is 20.0 Å². The lowest BCUT2D eigenvalue weighted by atomic mass is 10.6. The molecule has 0 aliphatic heterocycles. The second-order valence-electron chi connectivity index (χ2n) is 2.55. The molecule has 0 heterocycles. The number of nitrogens with two attached hydrogens (primary N) is 1. The number of nitrogens with one attached hydrogen (secondary N) is 1. The van der Waals surface area contributed by atoms with Gasteiger partial charge in [0, 0.05) is 0 Å². The van der Waals surface area contributed by atoms with Gasteiger partial charge in [-0.3, -0.25) is 0 Å². The van der Waals surface area contributed by atoms with Gasteiger partial charge in [0.25, 0.3) is 0 Å². The van der Waals surface area contributed by atoms with Gasteiger partial charge in [-0.25, -0.2) is 22.0 Å². The topological polar surface area (TPSA) is 106 Å². The van der Waals surface area contributed by atoms with Gasteiger partial charge in [-0.1, -0.05) is 0 Å². The van der Waals surface area contributed by atoms with Gasteiger partial charge in [0.15, 0.2) is 0 Å². The Morgan fingerprint density at radius 2 is 1.67 bits per heavy atom. The van der Waals surface area contributed by atoms with E-state index in [4.69, 9.17) is 0 Å². The summed E-state index contributed by atoms with van der Waals surface area (Å²) in [6.07, 6.45) is 0. The van der Waals surface area contributed by atoms with E-state index in [0.717, 1.165) is 0 Å². The van der Waals surface area contributed by atoms with Crippen LogP contribution in [0.1, 0.15) is 13.8 Å². The molecule has 0 radical (unpaired) electrons. The molecule has 8 heteroatoms. The molecule has 6 nitrogen and oxygen atoms in total. The molecule has 0 atom stereocenters. The van der Waals surface area contributed by atoms with Crippen LogP contribution >= 0.6 is 0 Å². The largest absolute Gasteiger partial charge is 0.228 e. The van der Waals surface area contributed by atoms with Gasteiger partial charge >= 0.3 is 0 Å². The highest BCUT2D eigenvalue weighted by molar-refractivity contribution is 7.93. The van der Waals surface area contributed by atoms with Crippen LogP contribution in [0.3, 0.4) is 0 Å². The van der Waals surface area contributed by atoms with Crippen LogP contribution < -0.4 is 9.86 Å². The van der Waals surface area contributed by atoms with E-state index in [-0.39, 0.29) is 0 Å². The van der Waals surface area contributed by atoms with Gasteiger partial charge in [-0.05, 0) is 13.8 Å². The number of sulfonamides is 2. The summed E-state index contributed by atoms with van der Waals surface area (Å²) in [5.74, 6) is -0.756. The third-order valence-electron chi connectivity index (χ3n) is 1.08. The normalized spacial score (nSPS) is 13.7. The number of hydrogen-bond donors (Lipinski definition) is 2. The maximum absolute atomic E-state index is 10.9. The van der Waals surface area contributed by atoms with Crippen molar-refractivity contribution in [1.29, 1.82) is 0 Å². The molecule has 0 aliphatic rings. The van der Waals surface area contributed by atoms with E-state index in [1.165, 1.54) is 13.8 Å². The molecule has 0 saturated carbocycles. The van der Waals surface area contributed by atoms with Crippen LogP contribution in [0.4, 0.5) is 0 Å². The smallest absolute Gasteiger partial charge is 0.223 e. The Kier molecular flexibility index (Phi) is 3.63. The van der Waals surface area contributed by atoms with Crippen molar-refractivity contribution in [1.82, 2.24) is 4.72 Å². The van der Waals surface area contributed by atoms with E-state index in [0.29, 0.717) is 0 Å². The predicted octanol–water partition coefficient (Wildman–Crippen LogP) is -1.44. The van der Waals surface area contributed by atoms with Crippen molar-refractivity contribution < 1.29 is 16.8 Å². The third kappa shape index (κ3) is 4.65. The van der Waals surface area contributed by atoms with Crippen LogP contribution in [-0.2, 0) is 20.0 Å². The first-order chi connectivity index (χ1) is 5.15. The molecule has 0 bridgehead atoms. The van der Waals surface area contributed by atoms with E-state index in [9.17, 15) is 16.8 Å². The Hall–Kier alpha value is -0.180. The summed E-state index contributed by atoms with van der Waals surface area (Å²) in [6, 6.07) is 0. The molecule has 0 aromatic rings. The first kappa shape index (κ1) is 11.8. The van der Waals surface area contributed by atoms with E-state index >= 15 is 0 Å². The summed E-state index contributed by atoms with van der Waals surface area (Å²) in [4.78, 5) is 0. The van der Waals surface area contributed by atoms with Crippen molar-refractivity contribution in [3.63, 3.8) is 0 Å². The molecule has 0 aromatic carbocycles. The monoisotopic (exact) mass is 216 g/mol. The summed E-state index contributed by atoms with van der Waals surface area (Å²) in [6.45, 7) is 2.87. The fourth-order valence-electron chi connectivity index (χ4n) is 0.331. The molecule has 12 heavy (non-hydrogen) atoms. The van der Waals surface area contributed by atoms with Crippen LogP contribution in [0.15, 0.2) is 0 Å². The summed E-state index contributed by atoms with van der Waals surface area (Å²) < 4.78 is 44.5. The summed E-state index contributed by atoms with van der Waals surface area (Å²) >= 11 is 0. The lowest BCUT2D eigenvalue weighted by Gasteiger charge is -2.07. The Balaban J connectivity index is 4.32. The van der Waals surface area contributed by atoms with E-state index in [1.54, 1.807) is 0 Å². The summed E-state index contributed by atoms with van der Waals surface area (Å²) in [5.41, 5.74) is 0. The Bertz CT molecular complexity index is 328. The molecule has 0 aliphatic carbocycles. The maximum atomic E-state index is 10.9. The van der Waals surface area contributed by atoms with Crippen molar-refractivity contribution in [3.05, 3.63) is 0 Å². The molecule has 0 spiro atoms. The third-order valence-corrected chi connectivity index (χ3v) is 3.60. The molecule has 0 aromatic heterocycles. The average molecular weight is 216 g/mol. The zero-order valence-corrected chi connectivity index (χ0v) is 8.44. The highest BCUT2D eigenvalue weighted by atomic mass is 32.2. The fraction of sp³-hybridized carbons (Fsp3) is 1.00. The average Bonchev–Trinajstić information content (AvgIpc) is 1.82. The highest BCUT2D eigenvalue weighted by Gasteiger charge is 2.17. The molecule has 74 valence electrons. The fourth-order valence-corrected chi connectivity index (χ4v) is 1.98. The molecule has 0 fully saturated rings. The summed E-state index contributed by atoms with van der Waals surface area (Å²) in [7, 11) is -7.32. The minimum atomic E-state index is -3.78. The van der Waals surface area contributed by atoms with Crippen molar-refractivity contribution in [3.8, 4) is 0 Å². The predicted molar refractivity (Wildman–Crippen MR) is 45.2 cm³/mol. The van der Waals surface area contributed by atoms with Crippen LogP contribution in [0.2, 0.25) is 0 Å². The van der Waals surface area contributed by atoms with E-state index in [2.05, 4.69) is 5.14 Å². The number of rotatable bonds is 4. The SMILES string of the molecule is CC(C)S(=O)(=O)NCS(N)(=O)=O. The van der Waals surface area contributed by atoms with Crippen LogP contribution in [-0.4, -0.2) is 28.0 Å². The van der Waals surface area contributed by atoms with Crippen molar-refractivity contribution in [2.24, 2.45) is 5.14 Å². The van der Waals surface area contributed by atoms with Gasteiger partial charge in [0.2, 0.25) is 20.0 Å². The first-order valence-corrected chi connectivity index (χ1v) is 6.40. The molecule has 0 saturated heterocycles. The minimum absolute atomic E-state index is 0.667. The minimum Gasteiger partial charge on any atom is -0.228 e. The van der Waals surface area contributed by atoms with Gasteiger partial charge in [-0.15, -0.1) is 0 Å². The Labute approximate surface area is 72.2 Å².